The molecule has 0 unspecified atom stereocenters. The molecule has 0 saturated carbocycles. The van der Waals surface area contributed by atoms with Gasteiger partial charge in [-0.2, -0.15) is 0 Å². The van der Waals surface area contributed by atoms with Crippen LogP contribution in [0.15, 0.2) is 18.6 Å². The molecule has 0 aliphatic heterocycles. The monoisotopic (exact) mass is 161 g/mol. The van der Waals surface area contributed by atoms with Crippen molar-refractivity contribution >= 4 is 17.3 Å². The number of carbonyl (C=O) groups excluding carboxylic acids is 1. The van der Waals surface area contributed by atoms with Crippen LogP contribution in [-0.2, 0) is 7.05 Å². The van der Waals surface area contributed by atoms with Crippen LogP contribution >= 0.6 is 0 Å². The van der Waals surface area contributed by atoms with Crippen molar-refractivity contribution in [2.24, 2.45) is 7.05 Å². The number of rotatable bonds is 1. The molecular weight excluding hydrogens is 154 g/mol. The van der Waals surface area contributed by atoms with Crippen molar-refractivity contribution in [1.82, 2.24) is 14.5 Å². The fraction of sp³-hybridized carbons (Fsp3) is 0.125. The Morgan fingerprint density at radius 2 is 2.33 bits per heavy atom. The minimum atomic E-state index is 0.418. The number of aromatic nitrogens is 3. The minimum absolute atomic E-state index is 0.418. The summed E-state index contributed by atoms with van der Waals surface area (Å²) in [5.74, 6) is 0. The minimum Gasteiger partial charge on any atom is -0.332 e. The number of nitrogens with zero attached hydrogens (tertiary/aromatic N) is 3. The first kappa shape index (κ1) is 6.97. The van der Waals surface area contributed by atoms with E-state index in [9.17, 15) is 4.79 Å². The second-order valence-electron chi connectivity index (χ2n) is 2.57. The standard InChI is InChI=1S/C8H7N3O/c1-11-5-10-7-2-6(4-12)9-3-8(7)11/h2-5H,1H3. The van der Waals surface area contributed by atoms with Gasteiger partial charge in [0.25, 0.3) is 0 Å². The van der Waals surface area contributed by atoms with E-state index in [0.29, 0.717) is 12.0 Å². The molecule has 2 aromatic rings. The third-order valence-electron chi connectivity index (χ3n) is 1.75. The molecule has 2 heterocycles. The number of pyridine rings is 1. The number of hydrogen-bond donors (Lipinski definition) is 0. The summed E-state index contributed by atoms with van der Waals surface area (Å²) < 4.78 is 1.86. The van der Waals surface area contributed by atoms with Gasteiger partial charge in [-0.05, 0) is 6.07 Å². The summed E-state index contributed by atoms with van der Waals surface area (Å²) in [4.78, 5) is 18.4. The molecule has 0 fully saturated rings. The van der Waals surface area contributed by atoms with E-state index in [1.807, 2.05) is 11.6 Å². The van der Waals surface area contributed by atoms with Gasteiger partial charge in [0.1, 0.15) is 5.69 Å². The van der Waals surface area contributed by atoms with Crippen LogP contribution in [0.3, 0.4) is 0 Å². The molecule has 0 amide bonds. The van der Waals surface area contributed by atoms with Gasteiger partial charge in [-0.25, -0.2) is 4.98 Å². The van der Waals surface area contributed by atoms with Gasteiger partial charge in [0, 0.05) is 7.05 Å². The van der Waals surface area contributed by atoms with Gasteiger partial charge >= 0.3 is 0 Å². The molecule has 4 nitrogen and oxygen atoms in total. The molecular formula is C8H7N3O. The highest BCUT2D eigenvalue weighted by molar-refractivity contribution is 5.81. The van der Waals surface area contributed by atoms with E-state index < -0.39 is 0 Å². The molecule has 0 radical (unpaired) electrons. The summed E-state index contributed by atoms with van der Waals surface area (Å²) in [6.07, 6.45) is 4.06. The quantitative estimate of drug-likeness (QED) is 0.580. The summed E-state index contributed by atoms with van der Waals surface area (Å²) in [5, 5.41) is 0. The molecule has 0 spiro atoms. The SMILES string of the molecule is Cn1cnc2cc(C=O)ncc21. The Morgan fingerprint density at radius 3 is 3.08 bits per heavy atom. The fourth-order valence-electron chi connectivity index (χ4n) is 1.10. The van der Waals surface area contributed by atoms with Crippen LogP contribution in [0.2, 0.25) is 0 Å². The van der Waals surface area contributed by atoms with Gasteiger partial charge < -0.3 is 4.57 Å². The Bertz CT molecular complexity index is 433. The number of fused-ring (bicyclic) bond motifs is 1. The van der Waals surface area contributed by atoms with Crippen molar-refractivity contribution < 1.29 is 4.79 Å². The van der Waals surface area contributed by atoms with Gasteiger partial charge in [-0.1, -0.05) is 0 Å². The normalized spacial score (nSPS) is 10.4. The average molecular weight is 161 g/mol. The second-order valence-corrected chi connectivity index (χ2v) is 2.57. The molecule has 0 aromatic carbocycles. The lowest BCUT2D eigenvalue weighted by Crippen LogP contribution is -1.88. The largest absolute Gasteiger partial charge is 0.332 e. The lowest BCUT2D eigenvalue weighted by Gasteiger charge is -1.92. The van der Waals surface area contributed by atoms with E-state index in [1.165, 1.54) is 0 Å². The molecule has 0 atom stereocenters. The number of carbonyl (C=O) groups is 1. The maximum Gasteiger partial charge on any atom is 0.168 e. The highest BCUT2D eigenvalue weighted by Gasteiger charge is 2.00. The highest BCUT2D eigenvalue weighted by atomic mass is 16.1. The summed E-state index contributed by atoms with van der Waals surface area (Å²) in [5.41, 5.74) is 2.15. The maximum absolute atomic E-state index is 10.4. The molecule has 0 N–H and O–H groups in total. The summed E-state index contributed by atoms with van der Waals surface area (Å²) in [6.45, 7) is 0. The molecule has 0 bridgehead atoms. The Morgan fingerprint density at radius 1 is 1.50 bits per heavy atom. The second kappa shape index (κ2) is 2.41. The van der Waals surface area contributed by atoms with E-state index in [4.69, 9.17) is 0 Å². The molecule has 60 valence electrons. The third kappa shape index (κ3) is 0.887. The van der Waals surface area contributed by atoms with Gasteiger partial charge in [0.05, 0.1) is 23.6 Å². The molecule has 12 heavy (non-hydrogen) atoms. The van der Waals surface area contributed by atoms with Crippen molar-refractivity contribution in [3.8, 4) is 0 Å². The lowest BCUT2D eigenvalue weighted by molar-refractivity contribution is 0.111. The lowest BCUT2D eigenvalue weighted by atomic mass is 10.3. The van der Waals surface area contributed by atoms with Crippen LogP contribution in [-0.4, -0.2) is 20.8 Å². The molecule has 0 saturated heterocycles. The third-order valence-corrected chi connectivity index (χ3v) is 1.75. The molecule has 4 heteroatoms. The zero-order valence-electron chi connectivity index (χ0n) is 6.56. The zero-order valence-corrected chi connectivity index (χ0v) is 6.56. The van der Waals surface area contributed by atoms with Gasteiger partial charge in [-0.3, -0.25) is 9.78 Å². The first-order valence-corrected chi connectivity index (χ1v) is 3.53. The average Bonchev–Trinajstić information content (AvgIpc) is 2.47. The predicted octanol–water partition coefficient (Wildman–Crippen LogP) is 0.781. The molecule has 2 aromatic heterocycles. The molecule has 2 rings (SSSR count). The Balaban J connectivity index is 2.77. The highest BCUT2D eigenvalue weighted by Crippen LogP contribution is 2.09. The molecule has 0 aliphatic carbocycles. The topological polar surface area (TPSA) is 47.8 Å². The van der Waals surface area contributed by atoms with E-state index >= 15 is 0 Å². The Kier molecular flexibility index (Phi) is 1.40. The van der Waals surface area contributed by atoms with Crippen molar-refractivity contribution in [3.05, 3.63) is 24.3 Å². The maximum atomic E-state index is 10.4. The van der Waals surface area contributed by atoms with Crippen LogP contribution in [0.4, 0.5) is 0 Å². The van der Waals surface area contributed by atoms with Crippen LogP contribution in [0.5, 0.6) is 0 Å². The van der Waals surface area contributed by atoms with Gasteiger partial charge in [0.15, 0.2) is 6.29 Å². The van der Waals surface area contributed by atoms with E-state index in [2.05, 4.69) is 9.97 Å². The first-order valence-electron chi connectivity index (χ1n) is 3.53. The van der Waals surface area contributed by atoms with E-state index in [1.54, 1.807) is 18.6 Å². The number of aryl methyl sites for hydroxylation is 1. The van der Waals surface area contributed by atoms with Crippen molar-refractivity contribution in [2.45, 2.75) is 0 Å². The first-order chi connectivity index (χ1) is 5.81. The van der Waals surface area contributed by atoms with Crippen LogP contribution in [0.25, 0.3) is 11.0 Å². The Labute approximate surface area is 68.9 Å². The summed E-state index contributed by atoms with van der Waals surface area (Å²) >= 11 is 0. The Hall–Kier alpha value is -1.71. The van der Waals surface area contributed by atoms with Crippen LogP contribution in [0, 0.1) is 0 Å². The number of imidazole rings is 1. The number of aldehydes is 1. The zero-order chi connectivity index (χ0) is 8.55. The van der Waals surface area contributed by atoms with Crippen molar-refractivity contribution in [3.63, 3.8) is 0 Å². The predicted molar refractivity (Wildman–Crippen MR) is 43.9 cm³/mol. The van der Waals surface area contributed by atoms with E-state index in [0.717, 1.165) is 11.0 Å². The fourth-order valence-corrected chi connectivity index (χ4v) is 1.10. The van der Waals surface area contributed by atoms with E-state index in [-0.39, 0.29) is 0 Å². The number of hydrogen-bond acceptors (Lipinski definition) is 3. The summed E-state index contributed by atoms with van der Waals surface area (Å²) in [6, 6.07) is 1.67. The van der Waals surface area contributed by atoms with Crippen molar-refractivity contribution in [1.29, 1.82) is 0 Å². The van der Waals surface area contributed by atoms with Crippen LogP contribution in [0.1, 0.15) is 10.5 Å². The van der Waals surface area contributed by atoms with Gasteiger partial charge in [0.2, 0.25) is 0 Å². The smallest absolute Gasteiger partial charge is 0.168 e. The van der Waals surface area contributed by atoms with Crippen LogP contribution < -0.4 is 0 Å². The summed E-state index contributed by atoms with van der Waals surface area (Å²) in [7, 11) is 1.89. The van der Waals surface area contributed by atoms with Gasteiger partial charge in [-0.15, -0.1) is 0 Å². The molecule has 0 aliphatic rings. The van der Waals surface area contributed by atoms with Crippen molar-refractivity contribution in [2.75, 3.05) is 0 Å².